The van der Waals surface area contributed by atoms with Crippen LogP contribution in [0.1, 0.15) is 25.3 Å². The van der Waals surface area contributed by atoms with Crippen molar-refractivity contribution in [1.29, 1.82) is 0 Å². The molecule has 1 aromatic rings. The highest BCUT2D eigenvalue weighted by Crippen LogP contribution is 2.26. The van der Waals surface area contributed by atoms with Gasteiger partial charge in [0, 0.05) is 25.1 Å². The summed E-state index contributed by atoms with van der Waals surface area (Å²) in [4.78, 5) is 0.177. The maximum atomic E-state index is 12.5. The SMILES string of the molecule is CC1(O)CCN(S(=O)(=O)c2cccc(C#CCCO)c2)C1. The average Bonchev–Trinajstić information content (AvgIpc) is 2.80. The number of benzene rings is 1. The molecule has 1 atom stereocenters. The molecule has 1 heterocycles. The van der Waals surface area contributed by atoms with Crippen LogP contribution in [0.15, 0.2) is 29.2 Å². The zero-order valence-corrected chi connectivity index (χ0v) is 12.7. The van der Waals surface area contributed by atoms with Crippen LogP contribution in [0, 0.1) is 11.8 Å². The van der Waals surface area contributed by atoms with Gasteiger partial charge in [-0.3, -0.25) is 0 Å². The molecule has 0 amide bonds. The first-order valence-corrected chi connectivity index (χ1v) is 8.21. The fraction of sp³-hybridized carbons (Fsp3) is 0.467. The number of rotatable bonds is 3. The van der Waals surface area contributed by atoms with E-state index in [0.717, 1.165) is 0 Å². The van der Waals surface area contributed by atoms with Crippen LogP contribution in [0.3, 0.4) is 0 Å². The van der Waals surface area contributed by atoms with Crippen LogP contribution in [-0.4, -0.2) is 48.2 Å². The normalized spacial score (nSPS) is 22.8. The van der Waals surface area contributed by atoms with Crippen LogP contribution < -0.4 is 0 Å². The number of aliphatic hydroxyl groups is 2. The summed E-state index contributed by atoms with van der Waals surface area (Å²) in [5, 5.41) is 18.6. The van der Waals surface area contributed by atoms with Crippen molar-refractivity contribution in [3.05, 3.63) is 29.8 Å². The minimum Gasteiger partial charge on any atom is -0.395 e. The first-order chi connectivity index (χ1) is 9.85. The maximum Gasteiger partial charge on any atom is 0.243 e. The van der Waals surface area contributed by atoms with Gasteiger partial charge in [-0.25, -0.2) is 8.42 Å². The van der Waals surface area contributed by atoms with E-state index in [2.05, 4.69) is 11.8 Å². The molecule has 5 nitrogen and oxygen atoms in total. The second-order valence-electron chi connectivity index (χ2n) is 5.39. The fourth-order valence-corrected chi connectivity index (χ4v) is 3.82. The predicted octanol–water partition coefficient (Wildman–Crippen LogP) is 0.566. The predicted molar refractivity (Wildman–Crippen MR) is 79.0 cm³/mol. The largest absolute Gasteiger partial charge is 0.395 e. The lowest BCUT2D eigenvalue weighted by atomic mass is 10.1. The molecule has 0 aliphatic carbocycles. The van der Waals surface area contributed by atoms with Crippen molar-refractivity contribution < 1.29 is 18.6 Å². The molecule has 1 unspecified atom stereocenters. The average molecular weight is 309 g/mol. The highest BCUT2D eigenvalue weighted by Gasteiger charge is 2.38. The van der Waals surface area contributed by atoms with Crippen molar-refractivity contribution in [3.8, 4) is 11.8 Å². The molecule has 1 aliphatic rings. The number of hydrogen-bond acceptors (Lipinski definition) is 4. The smallest absolute Gasteiger partial charge is 0.243 e. The summed E-state index contributed by atoms with van der Waals surface area (Å²) in [5.41, 5.74) is -0.374. The van der Waals surface area contributed by atoms with Crippen molar-refractivity contribution in [2.45, 2.75) is 30.3 Å². The van der Waals surface area contributed by atoms with E-state index in [0.29, 0.717) is 24.9 Å². The first kappa shape index (κ1) is 16.0. The number of hydrogen-bond donors (Lipinski definition) is 2. The minimum absolute atomic E-state index is 0.0200. The lowest BCUT2D eigenvalue weighted by Gasteiger charge is -2.19. The molecular formula is C15H19NO4S. The molecule has 1 fully saturated rings. The van der Waals surface area contributed by atoms with Crippen LogP contribution in [0.4, 0.5) is 0 Å². The summed E-state index contributed by atoms with van der Waals surface area (Å²) in [6.07, 6.45) is 0.786. The zero-order valence-electron chi connectivity index (χ0n) is 11.9. The van der Waals surface area contributed by atoms with E-state index in [4.69, 9.17) is 5.11 Å². The van der Waals surface area contributed by atoms with E-state index in [-0.39, 0.29) is 18.0 Å². The molecule has 1 aliphatic heterocycles. The van der Waals surface area contributed by atoms with Crippen LogP contribution in [0.5, 0.6) is 0 Å². The van der Waals surface area contributed by atoms with Crippen molar-refractivity contribution in [1.82, 2.24) is 4.31 Å². The molecule has 0 radical (unpaired) electrons. The Labute approximate surface area is 125 Å². The van der Waals surface area contributed by atoms with Crippen molar-refractivity contribution >= 4 is 10.0 Å². The molecule has 114 valence electrons. The Bertz CT molecular complexity index is 670. The standard InChI is InChI=1S/C15H19NO4S/c1-15(18)8-9-16(12-15)21(19,20)14-7-4-6-13(11-14)5-2-3-10-17/h4,6-7,11,17-18H,3,8-10,12H2,1H3. The van der Waals surface area contributed by atoms with Gasteiger partial charge in [-0.05, 0) is 31.5 Å². The molecule has 2 rings (SSSR count). The Hall–Kier alpha value is -1.39. The molecule has 2 N–H and O–H groups in total. The summed E-state index contributed by atoms with van der Waals surface area (Å²) in [6, 6.07) is 6.42. The van der Waals surface area contributed by atoms with Gasteiger partial charge in [0.2, 0.25) is 10.0 Å². The van der Waals surface area contributed by atoms with Crippen LogP contribution in [-0.2, 0) is 10.0 Å². The Kier molecular flexibility index (Phi) is 4.69. The van der Waals surface area contributed by atoms with Crippen LogP contribution >= 0.6 is 0 Å². The fourth-order valence-electron chi connectivity index (χ4n) is 2.21. The highest BCUT2D eigenvalue weighted by atomic mass is 32.2. The van der Waals surface area contributed by atoms with E-state index in [9.17, 15) is 13.5 Å². The third-order valence-electron chi connectivity index (χ3n) is 3.36. The number of aliphatic hydroxyl groups excluding tert-OH is 1. The second kappa shape index (κ2) is 6.16. The van der Waals surface area contributed by atoms with Gasteiger partial charge in [0.05, 0.1) is 17.1 Å². The zero-order chi connectivity index (χ0) is 15.5. The van der Waals surface area contributed by atoms with Gasteiger partial charge >= 0.3 is 0 Å². The molecule has 0 aromatic heterocycles. The lowest BCUT2D eigenvalue weighted by Crippen LogP contribution is -2.33. The van der Waals surface area contributed by atoms with E-state index in [1.54, 1.807) is 19.1 Å². The summed E-state index contributed by atoms with van der Waals surface area (Å²) < 4.78 is 26.4. The Morgan fingerprint density at radius 1 is 1.43 bits per heavy atom. The quantitative estimate of drug-likeness (QED) is 0.800. The van der Waals surface area contributed by atoms with E-state index < -0.39 is 15.6 Å². The number of nitrogens with zero attached hydrogens (tertiary/aromatic N) is 1. The van der Waals surface area contributed by atoms with Crippen LogP contribution in [0.25, 0.3) is 0 Å². The highest BCUT2D eigenvalue weighted by molar-refractivity contribution is 7.89. The van der Waals surface area contributed by atoms with E-state index >= 15 is 0 Å². The van der Waals surface area contributed by atoms with Crippen molar-refractivity contribution in [2.24, 2.45) is 0 Å². The number of β-amino-alcohol motifs (C(OH)–C–C–N with tert-alkyl or cyclic N) is 1. The van der Waals surface area contributed by atoms with Gasteiger partial charge in [-0.15, -0.1) is 0 Å². The molecule has 21 heavy (non-hydrogen) atoms. The molecule has 0 bridgehead atoms. The van der Waals surface area contributed by atoms with Gasteiger partial charge in [0.15, 0.2) is 0 Å². The van der Waals surface area contributed by atoms with E-state index in [1.165, 1.54) is 16.4 Å². The Balaban J connectivity index is 2.25. The maximum absolute atomic E-state index is 12.5. The second-order valence-corrected chi connectivity index (χ2v) is 7.33. The van der Waals surface area contributed by atoms with Gasteiger partial charge in [-0.2, -0.15) is 4.31 Å². The van der Waals surface area contributed by atoms with Gasteiger partial charge in [0.1, 0.15) is 0 Å². The molecule has 1 saturated heterocycles. The first-order valence-electron chi connectivity index (χ1n) is 6.77. The van der Waals surface area contributed by atoms with Crippen molar-refractivity contribution in [3.63, 3.8) is 0 Å². The van der Waals surface area contributed by atoms with Gasteiger partial charge in [-0.1, -0.05) is 17.9 Å². The summed E-state index contributed by atoms with van der Waals surface area (Å²) >= 11 is 0. The van der Waals surface area contributed by atoms with Crippen LogP contribution in [0.2, 0.25) is 0 Å². The molecule has 0 saturated carbocycles. The summed E-state index contributed by atoms with van der Waals surface area (Å²) in [7, 11) is -3.61. The Morgan fingerprint density at radius 3 is 2.81 bits per heavy atom. The summed E-state index contributed by atoms with van der Waals surface area (Å²) in [5.74, 6) is 5.59. The third-order valence-corrected chi connectivity index (χ3v) is 5.20. The molecular weight excluding hydrogens is 290 g/mol. The topological polar surface area (TPSA) is 77.8 Å². The molecule has 6 heteroatoms. The lowest BCUT2D eigenvalue weighted by molar-refractivity contribution is 0.0762. The van der Waals surface area contributed by atoms with Gasteiger partial charge < -0.3 is 10.2 Å². The van der Waals surface area contributed by atoms with Crippen molar-refractivity contribution in [2.75, 3.05) is 19.7 Å². The van der Waals surface area contributed by atoms with Gasteiger partial charge in [0.25, 0.3) is 0 Å². The molecule has 0 spiro atoms. The van der Waals surface area contributed by atoms with E-state index in [1.807, 2.05) is 0 Å². The number of sulfonamides is 1. The third kappa shape index (κ3) is 3.83. The summed E-state index contributed by atoms with van der Waals surface area (Å²) in [6.45, 7) is 2.04. The monoisotopic (exact) mass is 309 g/mol. The Morgan fingerprint density at radius 2 is 2.19 bits per heavy atom. The molecule has 1 aromatic carbocycles. The minimum atomic E-state index is -3.61.